The normalized spacial score (nSPS) is 20.8. The minimum atomic E-state index is -0.957. The van der Waals surface area contributed by atoms with Crippen LogP contribution in [0.15, 0.2) is 0 Å². The molecule has 0 heterocycles. The maximum Gasteiger partial charge on any atom is 0.103 e. The largest absolute Gasteiger partial charge is 0.391 e. The number of aliphatic hydroxyl groups excluding tert-OH is 4. The lowest BCUT2D eigenvalue weighted by molar-refractivity contribution is -0.0704. The molecule has 5 nitrogen and oxygen atoms in total. The van der Waals surface area contributed by atoms with Crippen LogP contribution in [-0.4, -0.2) is 58.1 Å². The van der Waals surface area contributed by atoms with Gasteiger partial charge in [0.25, 0.3) is 0 Å². The molecule has 0 aliphatic heterocycles. The average Bonchev–Trinajstić information content (AvgIpc) is 2.03. The first-order valence-corrected chi connectivity index (χ1v) is 4.25. The van der Waals surface area contributed by atoms with Gasteiger partial charge in [-0.25, -0.2) is 0 Å². The lowest BCUT2D eigenvalue weighted by Gasteiger charge is -2.17. The minimum Gasteiger partial charge on any atom is -0.391 e. The van der Waals surface area contributed by atoms with Crippen LogP contribution in [-0.2, 0) is 4.74 Å². The number of aliphatic hydroxyl groups is 4. The fourth-order valence-electron chi connectivity index (χ4n) is 0.588. The molecule has 4 atom stereocenters. The Balaban J connectivity index is 3.45. The predicted octanol–water partition coefficient (Wildman–Crippen LogP) is -1.51. The smallest absolute Gasteiger partial charge is 0.103 e. The Hall–Kier alpha value is -0.200. The molecule has 0 aliphatic rings. The third kappa shape index (κ3) is 5.95. The Morgan fingerprint density at radius 3 is 1.38 bits per heavy atom. The fourth-order valence-corrected chi connectivity index (χ4v) is 0.588. The van der Waals surface area contributed by atoms with Crippen LogP contribution in [0.1, 0.15) is 13.8 Å². The summed E-state index contributed by atoms with van der Waals surface area (Å²) in [5.41, 5.74) is 0. The number of rotatable bonds is 6. The van der Waals surface area contributed by atoms with E-state index in [1.54, 1.807) is 0 Å². The molecule has 80 valence electrons. The molecule has 0 saturated heterocycles. The van der Waals surface area contributed by atoms with Crippen LogP contribution >= 0.6 is 0 Å². The van der Waals surface area contributed by atoms with Crippen molar-refractivity contribution in [3.63, 3.8) is 0 Å². The highest BCUT2D eigenvalue weighted by molar-refractivity contribution is 4.63. The van der Waals surface area contributed by atoms with Gasteiger partial charge in [-0.3, -0.25) is 0 Å². The van der Waals surface area contributed by atoms with E-state index >= 15 is 0 Å². The molecule has 0 amide bonds. The highest BCUT2D eigenvalue weighted by Gasteiger charge is 2.14. The van der Waals surface area contributed by atoms with E-state index in [1.165, 1.54) is 13.8 Å². The van der Waals surface area contributed by atoms with Crippen LogP contribution in [0.25, 0.3) is 0 Å². The van der Waals surface area contributed by atoms with E-state index in [1.807, 2.05) is 0 Å². The molecule has 0 fully saturated rings. The number of hydrogen-bond acceptors (Lipinski definition) is 5. The second-order valence-electron chi connectivity index (χ2n) is 3.15. The third-order valence-electron chi connectivity index (χ3n) is 1.69. The van der Waals surface area contributed by atoms with Gasteiger partial charge in [0.15, 0.2) is 0 Å². The Kier molecular flexibility index (Phi) is 6.19. The van der Waals surface area contributed by atoms with Crippen molar-refractivity contribution in [2.45, 2.75) is 38.3 Å². The van der Waals surface area contributed by atoms with E-state index in [9.17, 15) is 0 Å². The summed E-state index contributed by atoms with van der Waals surface area (Å²) < 4.78 is 4.86. The zero-order valence-corrected chi connectivity index (χ0v) is 7.92. The van der Waals surface area contributed by atoms with Gasteiger partial charge in [0.1, 0.15) is 12.2 Å². The van der Waals surface area contributed by atoms with Gasteiger partial charge in [-0.05, 0) is 13.8 Å². The van der Waals surface area contributed by atoms with Gasteiger partial charge >= 0.3 is 0 Å². The van der Waals surface area contributed by atoms with Crippen LogP contribution in [0.5, 0.6) is 0 Å². The van der Waals surface area contributed by atoms with E-state index in [4.69, 9.17) is 25.2 Å². The summed E-state index contributed by atoms with van der Waals surface area (Å²) >= 11 is 0. The molecule has 0 aromatic heterocycles. The number of hydrogen-bond donors (Lipinski definition) is 4. The third-order valence-corrected chi connectivity index (χ3v) is 1.69. The van der Waals surface area contributed by atoms with Crippen LogP contribution in [0.2, 0.25) is 0 Å². The molecule has 4 N–H and O–H groups in total. The monoisotopic (exact) mass is 194 g/mol. The highest BCUT2D eigenvalue weighted by atomic mass is 16.5. The second kappa shape index (κ2) is 6.28. The Labute approximate surface area is 77.6 Å². The Bertz CT molecular complexity index is 112. The van der Waals surface area contributed by atoms with E-state index in [-0.39, 0.29) is 13.2 Å². The highest BCUT2D eigenvalue weighted by Crippen LogP contribution is 1.96. The van der Waals surface area contributed by atoms with Gasteiger partial charge in [0.2, 0.25) is 0 Å². The molecule has 0 rings (SSSR count). The standard InChI is InChI=1S/C8H18O5/c1-5(9)7(11)3-13-4-8(12)6(2)10/h5-12H,3-4H2,1-2H3. The number of ether oxygens (including phenoxy) is 1. The minimum absolute atomic E-state index is 0.0541. The molecule has 0 aromatic rings. The molecule has 0 bridgehead atoms. The van der Waals surface area contributed by atoms with E-state index < -0.39 is 24.4 Å². The van der Waals surface area contributed by atoms with Gasteiger partial charge in [-0.1, -0.05) is 0 Å². The van der Waals surface area contributed by atoms with Crippen LogP contribution in [0.3, 0.4) is 0 Å². The molecule has 13 heavy (non-hydrogen) atoms. The first-order valence-electron chi connectivity index (χ1n) is 4.25. The lowest BCUT2D eigenvalue weighted by Crippen LogP contribution is -2.32. The van der Waals surface area contributed by atoms with Crippen molar-refractivity contribution in [3.8, 4) is 0 Å². The lowest BCUT2D eigenvalue weighted by atomic mass is 10.2. The SMILES string of the molecule is CC(O)C(O)COCC(O)C(C)O. The van der Waals surface area contributed by atoms with Crippen molar-refractivity contribution in [1.82, 2.24) is 0 Å². The van der Waals surface area contributed by atoms with Gasteiger partial charge in [0, 0.05) is 0 Å². The fraction of sp³-hybridized carbons (Fsp3) is 1.00. The van der Waals surface area contributed by atoms with Crippen LogP contribution in [0.4, 0.5) is 0 Å². The molecule has 0 radical (unpaired) electrons. The molecular weight excluding hydrogens is 176 g/mol. The predicted molar refractivity (Wildman–Crippen MR) is 46.2 cm³/mol. The Morgan fingerprint density at radius 2 is 1.15 bits per heavy atom. The maximum atomic E-state index is 9.06. The van der Waals surface area contributed by atoms with Crippen molar-refractivity contribution < 1.29 is 25.2 Å². The summed E-state index contributed by atoms with van der Waals surface area (Å²) in [5.74, 6) is 0. The van der Waals surface area contributed by atoms with Gasteiger partial charge in [-0.2, -0.15) is 0 Å². The topological polar surface area (TPSA) is 90.2 Å². The summed E-state index contributed by atoms with van der Waals surface area (Å²) in [6.07, 6.45) is -3.63. The molecule has 0 aromatic carbocycles. The molecular formula is C8H18O5. The molecule has 0 spiro atoms. The molecule has 5 heteroatoms. The zero-order chi connectivity index (χ0) is 10.4. The average molecular weight is 194 g/mol. The van der Waals surface area contributed by atoms with Crippen molar-refractivity contribution in [2.24, 2.45) is 0 Å². The summed E-state index contributed by atoms with van der Waals surface area (Å²) in [7, 11) is 0. The van der Waals surface area contributed by atoms with E-state index in [0.29, 0.717) is 0 Å². The Morgan fingerprint density at radius 1 is 0.846 bits per heavy atom. The van der Waals surface area contributed by atoms with Crippen molar-refractivity contribution in [3.05, 3.63) is 0 Å². The summed E-state index contributed by atoms with van der Waals surface area (Å²) in [6.45, 7) is 2.78. The van der Waals surface area contributed by atoms with Gasteiger partial charge < -0.3 is 25.2 Å². The molecule has 0 saturated carbocycles. The summed E-state index contributed by atoms with van der Waals surface area (Å²) in [4.78, 5) is 0. The van der Waals surface area contributed by atoms with Crippen LogP contribution in [0, 0.1) is 0 Å². The molecule has 0 aliphatic carbocycles. The van der Waals surface area contributed by atoms with Crippen molar-refractivity contribution in [2.75, 3.05) is 13.2 Å². The first-order chi connectivity index (χ1) is 5.95. The molecule has 4 unspecified atom stereocenters. The van der Waals surface area contributed by atoms with Gasteiger partial charge in [0.05, 0.1) is 25.4 Å². The zero-order valence-electron chi connectivity index (χ0n) is 7.92. The first kappa shape index (κ1) is 12.8. The maximum absolute atomic E-state index is 9.06. The summed E-state index contributed by atoms with van der Waals surface area (Å²) in [6, 6.07) is 0. The van der Waals surface area contributed by atoms with Gasteiger partial charge in [-0.15, -0.1) is 0 Å². The second-order valence-corrected chi connectivity index (χ2v) is 3.15. The summed E-state index contributed by atoms with van der Waals surface area (Å²) in [5, 5.41) is 35.8. The van der Waals surface area contributed by atoms with E-state index in [0.717, 1.165) is 0 Å². The van der Waals surface area contributed by atoms with Crippen molar-refractivity contribution in [1.29, 1.82) is 0 Å². The van der Waals surface area contributed by atoms with Crippen LogP contribution < -0.4 is 0 Å². The van der Waals surface area contributed by atoms with Crippen molar-refractivity contribution >= 4 is 0 Å². The van der Waals surface area contributed by atoms with E-state index in [2.05, 4.69) is 0 Å². The quantitative estimate of drug-likeness (QED) is 0.412.